The molecule has 2 aromatic carbocycles. The van der Waals surface area contributed by atoms with Crippen LogP contribution in [0, 0.1) is 25.7 Å². The average Bonchev–Trinajstić information content (AvgIpc) is 3.45. The molecular formula is C24H21BrClN3O3. The fraction of sp³-hybridized carbons (Fsp3) is 0.375. The van der Waals surface area contributed by atoms with Crippen molar-refractivity contribution in [1.82, 2.24) is 4.90 Å². The number of benzene rings is 2. The van der Waals surface area contributed by atoms with Crippen LogP contribution < -0.4 is 10.2 Å². The number of hydrogen-bond acceptors (Lipinski definition) is 4. The SMILES string of the molecule is Cc1ccc(N2C(=O)[C@H]3[C@@H](C2=O)[C@]2(C(=O)Nc4c2ccc(Cl)c4C)N2CCC[C@@H]32)c(Br)c1. The number of aryl methyl sites for hydroxylation is 1. The van der Waals surface area contributed by atoms with Gasteiger partial charge in [-0.3, -0.25) is 19.3 Å². The molecule has 6 rings (SSSR count). The van der Waals surface area contributed by atoms with Gasteiger partial charge in [0.1, 0.15) is 5.54 Å². The molecule has 4 aliphatic rings. The third-order valence-electron chi connectivity index (χ3n) is 7.71. The summed E-state index contributed by atoms with van der Waals surface area (Å²) in [6.07, 6.45) is 1.68. The lowest BCUT2D eigenvalue weighted by atomic mass is 9.75. The number of halogens is 2. The number of anilines is 2. The summed E-state index contributed by atoms with van der Waals surface area (Å²) < 4.78 is 0.690. The normalized spacial score (nSPS) is 30.8. The van der Waals surface area contributed by atoms with Crippen molar-refractivity contribution in [3.63, 3.8) is 0 Å². The number of amides is 3. The Labute approximate surface area is 199 Å². The molecule has 4 heterocycles. The minimum Gasteiger partial charge on any atom is -0.324 e. The number of nitrogens with zero attached hydrogens (tertiary/aromatic N) is 2. The molecule has 0 aromatic heterocycles. The van der Waals surface area contributed by atoms with E-state index in [-0.39, 0.29) is 23.8 Å². The van der Waals surface area contributed by atoms with Gasteiger partial charge < -0.3 is 5.32 Å². The van der Waals surface area contributed by atoms with Gasteiger partial charge >= 0.3 is 0 Å². The largest absolute Gasteiger partial charge is 0.324 e. The van der Waals surface area contributed by atoms with Crippen molar-refractivity contribution in [2.24, 2.45) is 11.8 Å². The van der Waals surface area contributed by atoms with Gasteiger partial charge in [-0.15, -0.1) is 0 Å². The van der Waals surface area contributed by atoms with Gasteiger partial charge in [0.15, 0.2) is 0 Å². The van der Waals surface area contributed by atoms with Crippen LogP contribution in [0.2, 0.25) is 5.02 Å². The molecule has 1 N–H and O–H groups in total. The highest BCUT2D eigenvalue weighted by Gasteiger charge is 2.74. The van der Waals surface area contributed by atoms with Crippen LogP contribution in [0.25, 0.3) is 0 Å². The minimum absolute atomic E-state index is 0.140. The van der Waals surface area contributed by atoms with Gasteiger partial charge in [0.2, 0.25) is 17.7 Å². The van der Waals surface area contributed by atoms with E-state index < -0.39 is 17.4 Å². The highest BCUT2D eigenvalue weighted by molar-refractivity contribution is 9.10. The van der Waals surface area contributed by atoms with E-state index in [1.165, 1.54) is 4.90 Å². The molecule has 0 unspecified atom stereocenters. The number of fused-ring (bicyclic) bond motifs is 7. The maximum absolute atomic E-state index is 14.0. The quantitative estimate of drug-likeness (QED) is 0.581. The summed E-state index contributed by atoms with van der Waals surface area (Å²) in [5.74, 6) is -2.08. The lowest BCUT2D eigenvalue weighted by Crippen LogP contribution is -2.54. The van der Waals surface area contributed by atoms with Gasteiger partial charge in [-0.2, -0.15) is 0 Å². The number of hydrogen-bond donors (Lipinski definition) is 1. The summed E-state index contributed by atoms with van der Waals surface area (Å²) in [5, 5.41) is 3.58. The molecule has 4 atom stereocenters. The molecule has 32 heavy (non-hydrogen) atoms. The Kier molecular flexibility index (Phi) is 4.24. The minimum atomic E-state index is -1.19. The zero-order chi connectivity index (χ0) is 22.5. The third kappa shape index (κ3) is 2.27. The van der Waals surface area contributed by atoms with Crippen LogP contribution in [-0.4, -0.2) is 35.2 Å². The van der Waals surface area contributed by atoms with E-state index in [0.717, 1.165) is 29.5 Å². The van der Waals surface area contributed by atoms with Crippen molar-refractivity contribution in [1.29, 1.82) is 0 Å². The highest BCUT2D eigenvalue weighted by atomic mass is 79.9. The zero-order valence-electron chi connectivity index (χ0n) is 17.6. The smallest absolute Gasteiger partial charge is 0.250 e. The molecule has 2 aromatic rings. The number of carbonyl (C=O) groups excluding carboxylic acids is 3. The van der Waals surface area contributed by atoms with Crippen molar-refractivity contribution >= 4 is 56.6 Å². The molecule has 164 valence electrons. The summed E-state index contributed by atoms with van der Waals surface area (Å²) in [7, 11) is 0. The molecule has 8 heteroatoms. The molecule has 3 amide bonds. The van der Waals surface area contributed by atoms with E-state index >= 15 is 0 Å². The van der Waals surface area contributed by atoms with Crippen LogP contribution in [0.1, 0.15) is 29.5 Å². The maximum Gasteiger partial charge on any atom is 0.250 e. The van der Waals surface area contributed by atoms with E-state index in [2.05, 4.69) is 26.1 Å². The molecule has 0 radical (unpaired) electrons. The van der Waals surface area contributed by atoms with Crippen LogP contribution in [0.3, 0.4) is 0 Å². The first kappa shape index (κ1) is 20.4. The molecule has 3 saturated heterocycles. The van der Waals surface area contributed by atoms with Gasteiger partial charge in [0, 0.05) is 21.1 Å². The summed E-state index contributed by atoms with van der Waals surface area (Å²) in [5.41, 5.74) is 2.58. The summed E-state index contributed by atoms with van der Waals surface area (Å²) in [6.45, 7) is 4.50. The van der Waals surface area contributed by atoms with Crippen molar-refractivity contribution in [2.45, 2.75) is 38.3 Å². The Balaban J connectivity index is 1.57. The third-order valence-corrected chi connectivity index (χ3v) is 8.75. The van der Waals surface area contributed by atoms with Gasteiger partial charge in [-0.1, -0.05) is 23.7 Å². The van der Waals surface area contributed by atoms with Crippen molar-refractivity contribution in [2.75, 3.05) is 16.8 Å². The predicted octanol–water partition coefficient (Wildman–Crippen LogP) is 4.15. The Bertz CT molecular complexity index is 1250. The average molecular weight is 515 g/mol. The summed E-state index contributed by atoms with van der Waals surface area (Å²) >= 11 is 9.87. The van der Waals surface area contributed by atoms with Gasteiger partial charge in [-0.25, -0.2) is 4.90 Å². The Morgan fingerprint density at radius 2 is 1.91 bits per heavy atom. The first-order valence-corrected chi connectivity index (χ1v) is 12.0. The van der Waals surface area contributed by atoms with Gasteiger partial charge in [0.05, 0.1) is 23.2 Å². The molecule has 0 aliphatic carbocycles. The molecular weight excluding hydrogens is 494 g/mol. The van der Waals surface area contributed by atoms with E-state index in [1.54, 1.807) is 12.1 Å². The highest BCUT2D eigenvalue weighted by Crippen LogP contribution is 2.61. The van der Waals surface area contributed by atoms with Gasteiger partial charge in [0.25, 0.3) is 0 Å². The zero-order valence-corrected chi connectivity index (χ0v) is 20.0. The Morgan fingerprint density at radius 1 is 1.12 bits per heavy atom. The predicted molar refractivity (Wildman–Crippen MR) is 125 cm³/mol. The lowest BCUT2D eigenvalue weighted by Gasteiger charge is -2.36. The van der Waals surface area contributed by atoms with Crippen LogP contribution >= 0.6 is 27.5 Å². The fourth-order valence-corrected chi connectivity index (χ4v) is 7.25. The lowest BCUT2D eigenvalue weighted by molar-refractivity contribution is -0.135. The van der Waals surface area contributed by atoms with Crippen LogP contribution in [0.4, 0.5) is 11.4 Å². The molecule has 0 saturated carbocycles. The molecule has 1 spiro atoms. The second-order valence-corrected chi connectivity index (χ2v) is 10.5. The molecule has 3 fully saturated rings. The van der Waals surface area contributed by atoms with Gasteiger partial charge in [-0.05, 0) is 78.5 Å². The van der Waals surface area contributed by atoms with Crippen molar-refractivity contribution < 1.29 is 14.4 Å². The second kappa shape index (κ2) is 6.65. The monoisotopic (exact) mass is 513 g/mol. The molecule has 0 bridgehead atoms. The van der Waals surface area contributed by atoms with Crippen LogP contribution in [-0.2, 0) is 19.9 Å². The first-order chi connectivity index (χ1) is 15.3. The summed E-state index contributed by atoms with van der Waals surface area (Å²) in [4.78, 5) is 44.9. The Hall–Kier alpha value is -2.22. The van der Waals surface area contributed by atoms with Crippen molar-refractivity contribution in [3.05, 3.63) is 56.5 Å². The summed E-state index contributed by atoms with van der Waals surface area (Å²) in [6, 6.07) is 9.06. The molecule has 6 nitrogen and oxygen atoms in total. The number of carbonyl (C=O) groups is 3. The maximum atomic E-state index is 14.0. The van der Waals surface area contributed by atoms with E-state index in [0.29, 0.717) is 27.4 Å². The first-order valence-electron chi connectivity index (χ1n) is 10.8. The Morgan fingerprint density at radius 3 is 2.66 bits per heavy atom. The number of nitrogens with one attached hydrogen (secondary N) is 1. The number of rotatable bonds is 1. The topological polar surface area (TPSA) is 69.7 Å². The van der Waals surface area contributed by atoms with E-state index in [4.69, 9.17) is 11.6 Å². The van der Waals surface area contributed by atoms with E-state index in [9.17, 15) is 14.4 Å². The molecule has 4 aliphatic heterocycles. The van der Waals surface area contributed by atoms with E-state index in [1.807, 2.05) is 32.0 Å². The van der Waals surface area contributed by atoms with Crippen LogP contribution in [0.5, 0.6) is 0 Å². The number of imide groups is 1. The second-order valence-electron chi connectivity index (χ2n) is 9.19. The standard InChI is InChI=1S/C24H21BrClN3O3/c1-11-5-8-16(14(25)10-11)29-21(30)18-17-4-3-9-28(17)24(19(18)22(29)31)13-6-7-15(26)12(2)20(13)27-23(24)32/h5-8,10,17-19H,3-4,9H2,1-2H3,(H,27,32)/t17-,18+,19-,24+/m0/s1. The van der Waals surface area contributed by atoms with Crippen LogP contribution in [0.15, 0.2) is 34.8 Å². The van der Waals surface area contributed by atoms with Crippen molar-refractivity contribution in [3.8, 4) is 0 Å². The fourth-order valence-electron chi connectivity index (χ4n) is 6.42.